The Morgan fingerprint density at radius 2 is 1.92 bits per heavy atom. The van der Waals surface area contributed by atoms with Crippen molar-refractivity contribution in [2.75, 3.05) is 18.5 Å². The lowest BCUT2D eigenvalue weighted by Gasteiger charge is -2.12. The van der Waals surface area contributed by atoms with Gasteiger partial charge in [-0.2, -0.15) is 0 Å². The van der Waals surface area contributed by atoms with E-state index in [1.165, 1.54) is 0 Å². The Kier molecular flexibility index (Phi) is 5.48. The van der Waals surface area contributed by atoms with E-state index in [1.807, 2.05) is 0 Å². The maximum atomic E-state index is 13.8. The molecule has 26 heavy (non-hydrogen) atoms. The first-order valence-corrected chi connectivity index (χ1v) is 8.21. The molecular weight excluding hydrogens is 341 g/mol. The highest BCUT2D eigenvalue weighted by atomic mass is 19.1. The second kappa shape index (κ2) is 7.97. The van der Waals surface area contributed by atoms with E-state index in [4.69, 9.17) is 14.6 Å². The van der Waals surface area contributed by atoms with Crippen LogP contribution in [0, 0.1) is 5.82 Å². The molecule has 2 N–H and O–H groups in total. The molecule has 3 rings (SSSR count). The summed E-state index contributed by atoms with van der Waals surface area (Å²) >= 11 is 0. The summed E-state index contributed by atoms with van der Waals surface area (Å²) in [6.07, 6.45) is 2.11. The van der Waals surface area contributed by atoms with Crippen molar-refractivity contribution in [2.45, 2.75) is 18.9 Å². The number of carboxylic acid groups (broad SMARTS) is 1. The molecule has 0 bridgehead atoms. The third kappa shape index (κ3) is 4.37. The van der Waals surface area contributed by atoms with E-state index in [-0.39, 0.29) is 17.4 Å². The van der Waals surface area contributed by atoms with Crippen molar-refractivity contribution in [3.63, 3.8) is 0 Å². The van der Waals surface area contributed by atoms with Crippen molar-refractivity contribution in [1.82, 2.24) is 0 Å². The summed E-state index contributed by atoms with van der Waals surface area (Å²) in [5.41, 5.74) is 0.00258. The van der Waals surface area contributed by atoms with E-state index in [2.05, 4.69) is 5.32 Å². The zero-order chi connectivity index (χ0) is 18.5. The van der Waals surface area contributed by atoms with Crippen molar-refractivity contribution in [1.29, 1.82) is 0 Å². The third-order valence-electron chi connectivity index (χ3n) is 4.04. The molecule has 0 radical (unpaired) electrons. The number of anilines is 1. The fourth-order valence-corrected chi connectivity index (χ4v) is 2.62. The fraction of sp³-hybridized carbons (Fsp3) is 0.263. The number of amides is 1. The van der Waals surface area contributed by atoms with Crippen LogP contribution in [-0.2, 0) is 4.74 Å². The Hall–Kier alpha value is -2.93. The average molecular weight is 359 g/mol. The summed E-state index contributed by atoms with van der Waals surface area (Å²) in [6.45, 7) is 1.21. The molecule has 6 nitrogen and oxygen atoms in total. The highest BCUT2D eigenvalue weighted by Crippen LogP contribution is 2.19. The Morgan fingerprint density at radius 3 is 2.58 bits per heavy atom. The largest absolute Gasteiger partial charge is 0.491 e. The first-order chi connectivity index (χ1) is 12.5. The van der Waals surface area contributed by atoms with Crippen LogP contribution in [-0.4, -0.2) is 36.3 Å². The van der Waals surface area contributed by atoms with Gasteiger partial charge < -0.3 is 19.9 Å². The van der Waals surface area contributed by atoms with Crippen LogP contribution in [0.4, 0.5) is 10.1 Å². The lowest BCUT2D eigenvalue weighted by Crippen LogP contribution is -2.16. The number of aromatic carboxylic acids is 1. The molecule has 1 aliphatic heterocycles. The van der Waals surface area contributed by atoms with Gasteiger partial charge >= 0.3 is 5.97 Å². The summed E-state index contributed by atoms with van der Waals surface area (Å²) in [5, 5.41) is 11.3. The molecule has 2 aromatic rings. The first kappa shape index (κ1) is 17.9. The standard InChI is InChI=1S/C19H18FNO5/c20-16-8-5-13(19(23)24)10-17(16)21-18(22)12-3-6-14(7-4-12)26-11-15-2-1-9-25-15/h3-8,10,15H,1-2,9,11H2,(H,21,22)(H,23,24). The van der Waals surface area contributed by atoms with Crippen LogP contribution in [0.2, 0.25) is 0 Å². The van der Waals surface area contributed by atoms with Gasteiger partial charge in [-0.15, -0.1) is 0 Å². The molecule has 1 heterocycles. The summed E-state index contributed by atoms with van der Waals surface area (Å²) in [5.74, 6) is -1.85. The number of halogens is 1. The highest BCUT2D eigenvalue weighted by Gasteiger charge is 2.16. The Morgan fingerprint density at radius 1 is 1.19 bits per heavy atom. The SMILES string of the molecule is O=C(O)c1ccc(F)c(NC(=O)c2ccc(OCC3CCCO3)cc2)c1. The van der Waals surface area contributed by atoms with Crippen molar-refractivity contribution in [3.8, 4) is 5.75 Å². The van der Waals surface area contributed by atoms with Gasteiger partial charge in [0.25, 0.3) is 5.91 Å². The van der Waals surface area contributed by atoms with Gasteiger partial charge in [0.05, 0.1) is 17.4 Å². The van der Waals surface area contributed by atoms with Crippen molar-refractivity contribution in [2.24, 2.45) is 0 Å². The number of ether oxygens (including phenoxy) is 2. The van der Waals surface area contributed by atoms with Crippen LogP contribution in [0.3, 0.4) is 0 Å². The molecule has 1 fully saturated rings. The molecule has 0 aliphatic carbocycles. The molecule has 0 aromatic heterocycles. The molecule has 0 spiro atoms. The third-order valence-corrected chi connectivity index (χ3v) is 4.04. The predicted octanol–water partition coefficient (Wildman–Crippen LogP) is 3.33. The molecule has 0 saturated carbocycles. The van der Waals surface area contributed by atoms with Crippen LogP contribution in [0.15, 0.2) is 42.5 Å². The van der Waals surface area contributed by atoms with Crippen molar-refractivity contribution in [3.05, 3.63) is 59.4 Å². The van der Waals surface area contributed by atoms with Crippen molar-refractivity contribution < 1.29 is 28.6 Å². The van der Waals surface area contributed by atoms with Crippen LogP contribution in [0.1, 0.15) is 33.6 Å². The minimum atomic E-state index is -1.20. The minimum Gasteiger partial charge on any atom is -0.491 e. The number of benzene rings is 2. The van der Waals surface area contributed by atoms with Crippen LogP contribution < -0.4 is 10.1 Å². The number of carbonyl (C=O) groups is 2. The second-order valence-electron chi connectivity index (χ2n) is 5.92. The summed E-state index contributed by atoms with van der Waals surface area (Å²) < 4.78 is 24.9. The zero-order valence-corrected chi connectivity index (χ0v) is 13.9. The number of carbonyl (C=O) groups excluding carboxylic acids is 1. The molecule has 1 aliphatic rings. The van der Waals surface area contributed by atoms with Crippen LogP contribution >= 0.6 is 0 Å². The quantitative estimate of drug-likeness (QED) is 0.826. The number of rotatable bonds is 6. The van der Waals surface area contributed by atoms with Gasteiger partial charge in [-0.1, -0.05) is 0 Å². The van der Waals surface area contributed by atoms with E-state index in [0.717, 1.165) is 37.6 Å². The predicted molar refractivity (Wildman–Crippen MR) is 92.2 cm³/mol. The molecule has 136 valence electrons. The van der Waals surface area contributed by atoms with E-state index < -0.39 is 17.7 Å². The smallest absolute Gasteiger partial charge is 0.335 e. The lowest BCUT2D eigenvalue weighted by molar-refractivity contribution is 0.0679. The van der Waals surface area contributed by atoms with E-state index in [0.29, 0.717) is 17.9 Å². The van der Waals surface area contributed by atoms with Gasteiger partial charge in [0.2, 0.25) is 0 Å². The number of nitrogens with one attached hydrogen (secondary N) is 1. The molecule has 7 heteroatoms. The molecule has 1 amide bonds. The molecule has 1 saturated heterocycles. The van der Waals surface area contributed by atoms with Gasteiger partial charge in [0.15, 0.2) is 0 Å². The Labute approximate surface area is 149 Å². The fourth-order valence-electron chi connectivity index (χ4n) is 2.62. The maximum absolute atomic E-state index is 13.8. The molecule has 1 atom stereocenters. The van der Waals surface area contributed by atoms with E-state index >= 15 is 0 Å². The van der Waals surface area contributed by atoms with Crippen LogP contribution in [0.25, 0.3) is 0 Å². The molecular formula is C19H18FNO5. The summed E-state index contributed by atoms with van der Waals surface area (Å²) in [4.78, 5) is 23.2. The summed E-state index contributed by atoms with van der Waals surface area (Å²) in [7, 11) is 0. The Bertz CT molecular complexity index is 800. The average Bonchev–Trinajstić information content (AvgIpc) is 3.15. The monoisotopic (exact) mass is 359 g/mol. The maximum Gasteiger partial charge on any atom is 0.335 e. The topological polar surface area (TPSA) is 84.9 Å². The van der Waals surface area contributed by atoms with E-state index in [9.17, 15) is 14.0 Å². The Balaban J connectivity index is 1.62. The van der Waals surface area contributed by atoms with E-state index in [1.54, 1.807) is 24.3 Å². The summed E-state index contributed by atoms with van der Waals surface area (Å²) in [6, 6.07) is 9.61. The van der Waals surface area contributed by atoms with Gasteiger partial charge in [-0.05, 0) is 55.3 Å². The normalized spacial score (nSPS) is 16.3. The highest BCUT2D eigenvalue weighted by molar-refractivity contribution is 6.05. The zero-order valence-electron chi connectivity index (χ0n) is 13.9. The van der Waals surface area contributed by atoms with Gasteiger partial charge in [-0.25, -0.2) is 9.18 Å². The molecule has 2 aromatic carbocycles. The van der Waals surface area contributed by atoms with Gasteiger partial charge in [-0.3, -0.25) is 4.79 Å². The minimum absolute atomic E-state index is 0.0995. The second-order valence-corrected chi connectivity index (χ2v) is 5.92. The lowest BCUT2D eigenvalue weighted by atomic mass is 10.1. The van der Waals surface area contributed by atoms with Gasteiger partial charge in [0, 0.05) is 12.2 Å². The number of hydrogen-bond donors (Lipinski definition) is 2. The van der Waals surface area contributed by atoms with Crippen LogP contribution in [0.5, 0.6) is 5.75 Å². The first-order valence-electron chi connectivity index (χ1n) is 8.21. The van der Waals surface area contributed by atoms with Gasteiger partial charge in [0.1, 0.15) is 18.2 Å². The number of carboxylic acids is 1. The number of hydrogen-bond acceptors (Lipinski definition) is 4. The van der Waals surface area contributed by atoms with Crippen molar-refractivity contribution >= 4 is 17.6 Å². The molecule has 1 unspecified atom stereocenters.